The lowest BCUT2D eigenvalue weighted by atomic mass is 10.2. The van der Waals surface area contributed by atoms with Crippen molar-refractivity contribution in [2.45, 2.75) is 18.9 Å². The fourth-order valence-corrected chi connectivity index (χ4v) is 2.02. The van der Waals surface area contributed by atoms with Gasteiger partial charge in [-0.25, -0.2) is 4.98 Å². The molecular weight excluding hydrogens is 184 g/mol. The molecule has 2 rings (SSSR count). The molecule has 0 aliphatic heterocycles. The Labute approximate surface area is 82.1 Å². The number of ether oxygens (including phenoxy) is 1. The highest BCUT2D eigenvalue weighted by Gasteiger charge is 2.31. The normalized spacial score (nSPS) is 18.5. The molecule has 1 fully saturated rings. The third-order valence-corrected chi connectivity index (χ3v) is 2.98. The van der Waals surface area contributed by atoms with Gasteiger partial charge in [0.25, 0.3) is 0 Å². The molecule has 1 atom stereocenters. The molecular formula is C9H14N2OS. The van der Waals surface area contributed by atoms with Gasteiger partial charge in [-0.3, -0.25) is 0 Å². The van der Waals surface area contributed by atoms with Crippen LogP contribution in [-0.4, -0.2) is 24.7 Å². The van der Waals surface area contributed by atoms with E-state index in [0.717, 1.165) is 17.7 Å². The molecule has 1 aliphatic carbocycles. The van der Waals surface area contributed by atoms with E-state index in [1.165, 1.54) is 12.8 Å². The lowest BCUT2D eigenvalue weighted by molar-refractivity contribution is 0.179. The van der Waals surface area contributed by atoms with Gasteiger partial charge in [-0.2, -0.15) is 0 Å². The van der Waals surface area contributed by atoms with E-state index in [1.54, 1.807) is 18.4 Å². The van der Waals surface area contributed by atoms with Gasteiger partial charge in [0.2, 0.25) is 0 Å². The van der Waals surface area contributed by atoms with Crippen LogP contribution in [0.1, 0.15) is 12.8 Å². The molecule has 1 heterocycles. The number of aromatic nitrogens is 1. The van der Waals surface area contributed by atoms with Crippen molar-refractivity contribution in [1.29, 1.82) is 0 Å². The SMILES string of the molecule is COCC(Nc1nccs1)C1CC1. The minimum Gasteiger partial charge on any atom is -0.383 e. The maximum absolute atomic E-state index is 5.17. The summed E-state index contributed by atoms with van der Waals surface area (Å²) in [5.41, 5.74) is 0. The summed E-state index contributed by atoms with van der Waals surface area (Å²) in [6.45, 7) is 0.782. The number of methoxy groups -OCH3 is 1. The second-order valence-electron chi connectivity index (χ2n) is 3.38. The van der Waals surface area contributed by atoms with Crippen molar-refractivity contribution in [3.05, 3.63) is 11.6 Å². The highest BCUT2D eigenvalue weighted by atomic mass is 32.1. The molecule has 13 heavy (non-hydrogen) atoms. The zero-order chi connectivity index (χ0) is 9.10. The molecule has 3 nitrogen and oxygen atoms in total. The molecule has 0 bridgehead atoms. The second kappa shape index (κ2) is 4.07. The van der Waals surface area contributed by atoms with Crippen LogP contribution in [0.15, 0.2) is 11.6 Å². The predicted octanol–water partition coefficient (Wildman–Crippen LogP) is 1.98. The van der Waals surface area contributed by atoms with Gasteiger partial charge >= 0.3 is 0 Å². The molecule has 0 aromatic carbocycles. The number of thiazole rings is 1. The summed E-state index contributed by atoms with van der Waals surface area (Å²) in [5, 5.41) is 6.40. The predicted molar refractivity (Wildman–Crippen MR) is 54.1 cm³/mol. The summed E-state index contributed by atoms with van der Waals surface area (Å²) in [5.74, 6) is 0.795. The lowest BCUT2D eigenvalue weighted by Gasteiger charge is -2.15. The van der Waals surface area contributed by atoms with Gasteiger partial charge < -0.3 is 10.1 Å². The van der Waals surface area contributed by atoms with Crippen LogP contribution in [0.2, 0.25) is 0 Å². The number of rotatable bonds is 5. The Balaban J connectivity index is 1.89. The number of nitrogens with zero attached hydrogens (tertiary/aromatic N) is 1. The number of anilines is 1. The van der Waals surface area contributed by atoms with E-state index in [9.17, 15) is 0 Å². The third-order valence-electron chi connectivity index (χ3n) is 2.28. The van der Waals surface area contributed by atoms with Crippen LogP contribution in [-0.2, 0) is 4.74 Å². The van der Waals surface area contributed by atoms with Crippen LogP contribution in [0.4, 0.5) is 5.13 Å². The molecule has 1 aromatic heterocycles. The van der Waals surface area contributed by atoms with Crippen molar-refractivity contribution >= 4 is 16.5 Å². The van der Waals surface area contributed by atoms with Gasteiger partial charge in [-0.15, -0.1) is 11.3 Å². The fraction of sp³-hybridized carbons (Fsp3) is 0.667. The Morgan fingerprint density at radius 3 is 3.15 bits per heavy atom. The van der Waals surface area contributed by atoms with E-state index in [2.05, 4.69) is 10.3 Å². The van der Waals surface area contributed by atoms with Gasteiger partial charge in [0.1, 0.15) is 0 Å². The summed E-state index contributed by atoms with van der Waals surface area (Å²) in [6, 6.07) is 0.455. The first-order chi connectivity index (χ1) is 6.40. The smallest absolute Gasteiger partial charge is 0.182 e. The first-order valence-electron chi connectivity index (χ1n) is 4.55. The van der Waals surface area contributed by atoms with Gasteiger partial charge in [0.05, 0.1) is 12.6 Å². The largest absolute Gasteiger partial charge is 0.383 e. The summed E-state index contributed by atoms with van der Waals surface area (Å²) in [7, 11) is 1.75. The number of nitrogens with one attached hydrogen (secondary N) is 1. The van der Waals surface area contributed by atoms with Crippen LogP contribution < -0.4 is 5.32 Å². The molecule has 1 aromatic rings. The zero-order valence-corrected chi connectivity index (χ0v) is 8.51. The summed E-state index contributed by atoms with van der Waals surface area (Å²) >= 11 is 1.64. The van der Waals surface area contributed by atoms with Crippen LogP contribution in [0.25, 0.3) is 0 Å². The summed E-state index contributed by atoms with van der Waals surface area (Å²) in [4.78, 5) is 4.20. The maximum atomic E-state index is 5.17. The first-order valence-corrected chi connectivity index (χ1v) is 5.43. The van der Waals surface area contributed by atoms with E-state index in [1.807, 2.05) is 11.6 Å². The molecule has 0 radical (unpaired) electrons. The molecule has 1 saturated carbocycles. The fourth-order valence-electron chi connectivity index (χ4n) is 1.43. The average Bonchev–Trinajstić information content (AvgIpc) is 2.85. The first kappa shape index (κ1) is 8.97. The van der Waals surface area contributed by atoms with Gasteiger partial charge in [-0.05, 0) is 18.8 Å². The highest BCUT2D eigenvalue weighted by molar-refractivity contribution is 7.13. The van der Waals surface area contributed by atoms with Crippen molar-refractivity contribution in [3.8, 4) is 0 Å². The topological polar surface area (TPSA) is 34.1 Å². The molecule has 1 unspecified atom stereocenters. The third kappa shape index (κ3) is 2.42. The minimum atomic E-state index is 0.455. The van der Waals surface area contributed by atoms with Gasteiger partial charge in [-0.1, -0.05) is 0 Å². The Bertz CT molecular complexity index is 246. The van der Waals surface area contributed by atoms with Crippen molar-refractivity contribution in [1.82, 2.24) is 4.98 Å². The molecule has 0 amide bonds. The van der Waals surface area contributed by atoms with Crippen molar-refractivity contribution < 1.29 is 4.74 Å². The number of hydrogen-bond acceptors (Lipinski definition) is 4. The quantitative estimate of drug-likeness (QED) is 0.785. The number of hydrogen-bond donors (Lipinski definition) is 1. The Morgan fingerprint density at radius 2 is 2.62 bits per heavy atom. The lowest BCUT2D eigenvalue weighted by Crippen LogP contribution is -2.26. The summed E-state index contributed by atoms with van der Waals surface area (Å²) < 4.78 is 5.17. The van der Waals surface area contributed by atoms with Gasteiger partial charge in [0.15, 0.2) is 5.13 Å². The zero-order valence-electron chi connectivity index (χ0n) is 7.69. The van der Waals surface area contributed by atoms with E-state index < -0.39 is 0 Å². The standard InChI is InChI=1S/C9H14N2OS/c1-12-6-8(7-2-3-7)11-9-10-4-5-13-9/h4-5,7-8H,2-3,6H2,1H3,(H,10,11). The van der Waals surface area contributed by atoms with E-state index in [0.29, 0.717) is 6.04 Å². The van der Waals surface area contributed by atoms with Crippen molar-refractivity contribution in [2.75, 3.05) is 19.0 Å². The van der Waals surface area contributed by atoms with Crippen LogP contribution in [0.3, 0.4) is 0 Å². The molecule has 72 valence electrons. The molecule has 1 N–H and O–H groups in total. The monoisotopic (exact) mass is 198 g/mol. The maximum Gasteiger partial charge on any atom is 0.182 e. The van der Waals surface area contributed by atoms with Crippen LogP contribution in [0, 0.1) is 5.92 Å². The van der Waals surface area contributed by atoms with Crippen LogP contribution in [0.5, 0.6) is 0 Å². The average molecular weight is 198 g/mol. The Hall–Kier alpha value is -0.610. The molecule has 0 spiro atoms. The molecule has 1 aliphatic rings. The van der Waals surface area contributed by atoms with Crippen molar-refractivity contribution in [3.63, 3.8) is 0 Å². The van der Waals surface area contributed by atoms with E-state index >= 15 is 0 Å². The molecule has 0 saturated heterocycles. The second-order valence-corrected chi connectivity index (χ2v) is 4.28. The van der Waals surface area contributed by atoms with E-state index in [4.69, 9.17) is 4.74 Å². The minimum absolute atomic E-state index is 0.455. The van der Waals surface area contributed by atoms with Crippen molar-refractivity contribution in [2.24, 2.45) is 5.92 Å². The Kier molecular flexibility index (Phi) is 2.80. The molecule has 4 heteroatoms. The van der Waals surface area contributed by atoms with Crippen LogP contribution >= 0.6 is 11.3 Å². The summed E-state index contributed by atoms with van der Waals surface area (Å²) in [6.07, 6.45) is 4.47. The van der Waals surface area contributed by atoms with E-state index in [-0.39, 0.29) is 0 Å². The van der Waals surface area contributed by atoms with Gasteiger partial charge in [0, 0.05) is 18.7 Å². The Morgan fingerprint density at radius 1 is 1.77 bits per heavy atom. The highest BCUT2D eigenvalue weighted by Crippen LogP contribution is 2.34.